The molecule has 0 N–H and O–H groups in total. The summed E-state index contributed by atoms with van der Waals surface area (Å²) in [7, 11) is 0. The van der Waals surface area contributed by atoms with Gasteiger partial charge in [0.15, 0.2) is 0 Å². The molecule has 0 amide bonds. The van der Waals surface area contributed by atoms with Crippen LogP contribution in [0.3, 0.4) is 0 Å². The summed E-state index contributed by atoms with van der Waals surface area (Å²) < 4.78 is 223. The van der Waals surface area contributed by atoms with Crippen LogP contribution in [-0.4, -0.2) is 11.3 Å². The highest BCUT2D eigenvalue weighted by atomic mass is 16.3. The fraction of sp³-hybridized carbons (Fsp3) is 0.154. The normalized spacial score (nSPS) is 19.6. The number of furan rings is 2. The van der Waals surface area contributed by atoms with Crippen molar-refractivity contribution in [3.63, 3.8) is 0 Å². The van der Waals surface area contributed by atoms with Crippen LogP contribution in [0.15, 0.2) is 142 Å². The predicted octanol–water partition coefficient (Wildman–Crippen LogP) is 12.4. The minimum atomic E-state index is -1.64. The lowest BCUT2D eigenvalue weighted by atomic mass is 9.35. The van der Waals surface area contributed by atoms with E-state index in [0.29, 0.717) is 0 Å². The fourth-order valence-electron chi connectivity index (χ4n) is 8.65. The van der Waals surface area contributed by atoms with Gasteiger partial charge in [0.1, 0.15) is 16.7 Å². The Kier molecular flexibility index (Phi) is 3.28. The van der Waals surface area contributed by atoms with E-state index in [0.717, 1.165) is 0 Å². The molecule has 0 radical (unpaired) electrons. The van der Waals surface area contributed by atoms with Crippen LogP contribution in [0.5, 0.6) is 0 Å². The number of hydrogen-bond donors (Lipinski definition) is 0. The first-order valence-corrected chi connectivity index (χ1v) is 18.7. The number of nitrogens with zero attached hydrogens (tertiary/aromatic N) is 3. The summed E-state index contributed by atoms with van der Waals surface area (Å²) in [5, 5.41) is -1.29. The van der Waals surface area contributed by atoms with Crippen LogP contribution < -0.4 is 26.4 Å². The second-order valence-corrected chi connectivity index (χ2v) is 16.8. The Morgan fingerprint density at radius 3 is 2.02 bits per heavy atom. The number of benzene rings is 7. The van der Waals surface area contributed by atoms with Crippen molar-refractivity contribution in [1.82, 2.24) is 4.57 Å². The highest BCUT2D eigenvalue weighted by Crippen LogP contribution is 2.54. The van der Waals surface area contributed by atoms with E-state index in [9.17, 15) is 21.9 Å². The van der Waals surface area contributed by atoms with E-state index < -0.39 is 161 Å². The number of para-hydroxylation sites is 4. The molecule has 0 aliphatic carbocycles. The lowest BCUT2D eigenvalue weighted by Crippen LogP contribution is -2.61. The number of aromatic nitrogens is 1. The number of hydrogen-bond acceptors (Lipinski definition) is 4. The summed E-state index contributed by atoms with van der Waals surface area (Å²) in [5.41, 5.74) is -6.64. The second kappa shape index (κ2) is 10.6. The van der Waals surface area contributed by atoms with Crippen molar-refractivity contribution in [2.24, 2.45) is 0 Å². The molecule has 0 spiro atoms. The highest BCUT2D eigenvalue weighted by Gasteiger charge is 2.49. The molecule has 0 saturated carbocycles. The molecule has 0 saturated heterocycles. The third-order valence-corrected chi connectivity index (χ3v) is 11.3. The highest BCUT2D eigenvalue weighted by molar-refractivity contribution is 7.00. The minimum absolute atomic E-state index is 0.0315. The zero-order chi connectivity index (χ0) is 58.1. The Balaban J connectivity index is 1.33. The molecule has 58 heavy (non-hydrogen) atoms. The van der Waals surface area contributed by atoms with E-state index in [1.54, 1.807) is 41.5 Å². The summed E-state index contributed by atoms with van der Waals surface area (Å²) in [4.78, 5) is 2.51. The lowest BCUT2D eigenvalue weighted by Gasteiger charge is -2.45. The topological polar surface area (TPSA) is 37.7 Å². The molecule has 7 aromatic carbocycles. The van der Waals surface area contributed by atoms with Crippen LogP contribution in [0, 0.1) is 0 Å². The van der Waals surface area contributed by atoms with Gasteiger partial charge in [-0.2, -0.15) is 0 Å². The predicted molar refractivity (Wildman–Crippen MR) is 243 cm³/mol. The average molecular weight is 772 g/mol. The van der Waals surface area contributed by atoms with E-state index in [1.807, 2.05) is 0 Å². The van der Waals surface area contributed by atoms with Crippen LogP contribution in [-0.2, 0) is 10.8 Å². The van der Waals surface area contributed by atoms with Crippen molar-refractivity contribution in [3.05, 3.63) is 144 Å². The Labute approximate surface area is 367 Å². The zero-order valence-corrected chi connectivity index (χ0v) is 31.7. The Morgan fingerprint density at radius 2 is 1.19 bits per heavy atom. The zero-order valence-electron chi connectivity index (χ0n) is 53.7. The molecule has 3 aliphatic heterocycles. The van der Waals surface area contributed by atoms with Crippen molar-refractivity contribution in [1.29, 1.82) is 0 Å². The average Bonchev–Trinajstić information content (AvgIpc) is 3.67. The standard InChI is InChI=1S/C52H40BN3O2/c1-51(2,3)29-21-24-44-36(25-29)48-50(58-44)53-37-16-12-19-40-49(37)56(39-18-11-15-35-32-13-7-9-17-38(32)55(40)47(35)39)42-27-30(52(4,5)6)26-41(46(42)53)54(48)31-22-23-34-33-14-8-10-20-43(33)57-45(34)28-31/h7-28H,1-6H3/i7D,8D,9D,10D,11D,12D,13D,14D,15D,16D,17D,18D,19D,20D,21D,22D,23D,24D,25D,26D,27D,28D. The molecule has 0 fully saturated rings. The van der Waals surface area contributed by atoms with Crippen molar-refractivity contribution in [3.8, 4) is 5.69 Å². The first-order valence-electron chi connectivity index (χ1n) is 29.7. The number of anilines is 6. The summed E-state index contributed by atoms with van der Waals surface area (Å²) in [6.45, 7) is 8.63. The van der Waals surface area contributed by atoms with Crippen molar-refractivity contribution in [2.75, 3.05) is 9.80 Å². The molecule has 13 rings (SSSR count). The molecule has 0 unspecified atom stereocenters. The molecule has 10 aromatic rings. The van der Waals surface area contributed by atoms with Gasteiger partial charge < -0.3 is 23.2 Å². The van der Waals surface area contributed by atoms with Crippen molar-refractivity contribution < 1.29 is 39.0 Å². The van der Waals surface area contributed by atoms with E-state index in [1.165, 1.54) is 14.4 Å². The van der Waals surface area contributed by atoms with Gasteiger partial charge in [-0.25, -0.2) is 0 Å². The van der Waals surface area contributed by atoms with E-state index in [-0.39, 0.29) is 111 Å². The van der Waals surface area contributed by atoms with Gasteiger partial charge in [-0.05, 0) is 93.3 Å². The molecular formula is C52H40BN3O2. The fourth-order valence-corrected chi connectivity index (χ4v) is 8.65. The van der Waals surface area contributed by atoms with Gasteiger partial charge in [0.05, 0.1) is 69.6 Å². The maximum atomic E-state index is 10.5. The Hall–Kier alpha value is -6.66. The second-order valence-electron chi connectivity index (χ2n) is 16.8. The lowest BCUT2D eigenvalue weighted by molar-refractivity contribution is 0.590. The Bertz CT molecular complexity index is 4740. The van der Waals surface area contributed by atoms with E-state index >= 15 is 0 Å². The molecule has 3 aliphatic rings. The quantitative estimate of drug-likeness (QED) is 0.156. The first-order chi connectivity index (χ1) is 37.2. The molecule has 5 nitrogen and oxygen atoms in total. The third-order valence-electron chi connectivity index (χ3n) is 11.3. The smallest absolute Gasteiger partial charge is 0.297 e. The SMILES string of the molecule is [2H]c1c([2H])c2c3c(c1[2H])-n1c4c([2H])c([2H])c([2H])c([2H])c4c4c([2H])c([2H])c([2H])c(c41)N3c1c([2H])c(C(C)(C)C)c([2H])c3c1B2c1oc2c([2H])c([2H])c(C(C)(C)C)c([2H])c2c1N3c1c([2H])c([2H])c2c(oc3c([2H])c([2H])c([2H])c([2H])c32)c1[2H]. The van der Waals surface area contributed by atoms with Gasteiger partial charge >= 0.3 is 0 Å². The van der Waals surface area contributed by atoms with E-state index in [4.69, 9.17) is 17.1 Å². The number of fused-ring (bicyclic) bond motifs is 14. The summed E-state index contributed by atoms with van der Waals surface area (Å²) >= 11 is 0. The van der Waals surface area contributed by atoms with Gasteiger partial charge in [0.25, 0.3) is 6.71 Å². The summed E-state index contributed by atoms with van der Waals surface area (Å²) in [6.07, 6.45) is 0. The summed E-state index contributed by atoms with van der Waals surface area (Å²) in [6, 6.07) is -13.6. The van der Waals surface area contributed by atoms with Gasteiger partial charge in [-0.15, -0.1) is 0 Å². The van der Waals surface area contributed by atoms with Crippen LogP contribution in [0.1, 0.15) is 82.8 Å². The van der Waals surface area contributed by atoms with Gasteiger partial charge in [0, 0.05) is 50.0 Å². The molecule has 6 heteroatoms. The van der Waals surface area contributed by atoms with Crippen LogP contribution in [0.2, 0.25) is 0 Å². The third kappa shape index (κ3) is 4.02. The van der Waals surface area contributed by atoms with Crippen LogP contribution in [0.4, 0.5) is 34.1 Å². The largest absolute Gasteiger partial charge is 0.468 e. The van der Waals surface area contributed by atoms with E-state index in [2.05, 4.69) is 0 Å². The van der Waals surface area contributed by atoms with Crippen molar-refractivity contribution >= 4 is 112 Å². The minimum Gasteiger partial charge on any atom is -0.468 e. The maximum Gasteiger partial charge on any atom is 0.297 e. The first kappa shape index (κ1) is 17.9. The van der Waals surface area contributed by atoms with Gasteiger partial charge in [0.2, 0.25) is 0 Å². The molecule has 3 aromatic heterocycles. The van der Waals surface area contributed by atoms with Gasteiger partial charge in [-0.3, -0.25) is 0 Å². The molecule has 0 bridgehead atoms. The van der Waals surface area contributed by atoms with Crippen LogP contribution in [0.25, 0.3) is 60.4 Å². The maximum absolute atomic E-state index is 10.5. The number of rotatable bonds is 1. The summed E-state index contributed by atoms with van der Waals surface area (Å²) in [5.74, 6) is 0. The van der Waals surface area contributed by atoms with Crippen molar-refractivity contribution in [2.45, 2.75) is 52.4 Å². The van der Waals surface area contributed by atoms with Gasteiger partial charge in [-0.1, -0.05) is 108 Å². The Morgan fingerprint density at radius 1 is 0.500 bits per heavy atom. The monoisotopic (exact) mass is 771 g/mol. The molecule has 0 atom stereocenters. The molecular weight excluding hydrogens is 709 g/mol. The molecule has 278 valence electrons. The van der Waals surface area contributed by atoms with Crippen LogP contribution >= 0.6 is 0 Å². The molecule has 6 heterocycles.